The van der Waals surface area contributed by atoms with E-state index in [1.807, 2.05) is 31.7 Å². The van der Waals surface area contributed by atoms with Gasteiger partial charge in [-0.05, 0) is 61.1 Å². The van der Waals surface area contributed by atoms with Crippen LogP contribution in [0.2, 0.25) is 0 Å². The first-order chi connectivity index (χ1) is 17.5. The number of alkyl halides is 3. The van der Waals surface area contributed by atoms with Crippen LogP contribution in [0.15, 0.2) is 85.0 Å². The predicted octanol–water partition coefficient (Wildman–Crippen LogP) is 6.16. The Morgan fingerprint density at radius 2 is 1.97 bits per heavy atom. The Balaban J connectivity index is 1.62. The highest BCUT2D eigenvalue weighted by molar-refractivity contribution is 5.64. The lowest BCUT2D eigenvalue weighted by Gasteiger charge is -2.34. The fraction of sp³-hybridized carbons (Fsp3) is 0.357. The normalized spacial score (nSPS) is 18.4. The minimum absolute atomic E-state index is 0.0340. The molecule has 1 saturated carbocycles. The van der Waals surface area contributed by atoms with Gasteiger partial charge in [0.15, 0.2) is 0 Å². The van der Waals surface area contributed by atoms with E-state index in [2.05, 4.69) is 40.4 Å². The molecular formula is C28H31F3N6. The van der Waals surface area contributed by atoms with Gasteiger partial charge < -0.3 is 19.3 Å². The van der Waals surface area contributed by atoms with Crippen LogP contribution in [0.4, 0.5) is 18.9 Å². The highest BCUT2D eigenvalue weighted by Crippen LogP contribution is 2.46. The van der Waals surface area contributed by atoms with Gasteiger partial charge in [0.1, 0.15) is 18.0 Å². The number of rotatable bonds is 7. The molecule has 0 bridgehead atoms. The molecule has 1 aromatic carbocycles. The lowest BCUT2D eigenvalue weighted by Crippen LogP contribution is -2.26. The average molecular weight is 509 g/mol. The number of allylic oxidation sites excluding steroid dienone is 4. The maximum absolute atomic E-state index is 13.8. The lowest BCUT2D eigenvalue weighted by atomic mass is 9.72. The van der Waals surface area contributed by atoms with Gasteiger partial charge >= 0.3 is 6.18 Å². The Hall–Kier alpha value is -3.75. The standard InChI is InChI=1S/C28H31F3N6/c1-18(2)34(4)15-20-12-22(26(21-8-6-9-21)27-33-32-17-35(27)5)14-23(13-20)37-16-25-24(28(29,30)31)10-7-11-36(25)19(37)3/h7,10-14,16-17,21,26H,1,3,6,8-9,15H2,2,4-5H3. The van der Waals surface area contributed by atoms with Crippen LogP contribution < -0.4 is 4.90 Å². The van der Waals surface area contributed by atoms with Gasteiger partial charge in [-0.2, -0.15) is 13.2 Å². The zero-order valence-electron chi connectivity index (χ0n) is 21.3. The second-order valence-electron chi connectivity index (χ2n) is 10.1. The number of aromatic nitrogens is 3. The summed E-state index contributed by atoms with van der Waals surface area (Å²) in [7, 11) is 3.92. The zero-order chi connectivity index (χ0) is 26.5. The first kappa shape index (κ1) is 24.9. The fourth-order valence-electron chi connectivity index (χ4n) is 5.15. The van der Waals surface area contributed by atoms with Crippen molar-refractivity contribution in [3.05, 3.63) is 102 Å². The van der Waals surface area contributed by atoms with Crippen LogP contribution in [0.3, 0.4) is 0 Å². The van der Waals surface area contributed by atoms with Crippen LogP contribution in [0, 0.1) is 5.92 Å². The number of aryl methyl sites for hydroxylation is 1. The van der Waals surface area contributed by atoms with Gasteiger partial charge in [-0.3, -0.25) is 0 Å². The average Bonchev–Trinajstić information content (AvgIpc) is 3.38. The van der Waals surface area contributed by atoms with Crippen molar-refractivity contribution in [2.75, 3.05) is 11.9 Å². The van der Waals surface area contributed by atoms with E-state index in [1.54, 1.807) is 17.4 Å². The van der Waals surface area contributed by atoms with Crippen molar-refractivity contribution in [1.29, 1.82) is 0 Å². The van der Waals surface area contributed by atoms with E-state index in [-0.39, 0.29) is 11.6 Å². The van der Waals surface area contributed by atoms with Gasteiger partial charge in [0.2, 0.25) is 0 Å². The Morgan fingerprint density at radius 1 is 1.22 bits per heavy atom. The van der Waals surface area contributed by atoms with Crippen LogP contribution >= 0.6 is 0 Å². The van der Waals surface area contributed by atoms with E-state index in [0.29, 0.717) is 18.3 Å². The number of hydrogen-bond donors (Lipinski definition) is 0. The van der Waals surface area contributed by atoms with Crippen molar-refractivity contribution in [2.24, 2.45) is 13.0 Å². The van der Waals surface area contributed by atoms with E-state index in [9.17, 15) is 13.2 Å². The molecule has 0 N–H and O–H groups in total. The van der Waals surface area contributed by atoms with Gasteiger partial charge in [0.25, 0.3) is 0 Å². The Kier molecular flexibility index (Phi) is 6.25. The molecule has 1 atom stereocenters. The molecule has 37 heavy (non-hydrogen) atoms. The monoisotopic (exact) mass is 508 g/mol. The summed E-state index contributed by atoms with van der Waals surface area (Å²) in [5.74, 6) is 1.80. The number of nitrogens with zero attached hydrogens (tertiary/aromatic N) is 6. The van der Waals surface area contributed by atoms with E-state index < -0.39 is 11.7 Å². The van der Waals surface area contributed by atoms with Crippen LogP contribution in [-0.4, -0.2) is 37.8 Å². The molecule has 1 fully saturated rings. The quantitative estimate of drug-likeness (QED) is 0.448. The molecular weight excluding hydrogens is 477 g/mol. The molecule has 1 aliphatic carbocycles. The molecule has 1 aromatic heterocycles. The van der Waals surface area contributed by atoms with E-state index in [0.717, 1.165) is 47.3 Å². The highest BCUT2D eigenvalue weighted by atomic mass is 19.4. The van der Waals surface area contributed by atoms with Crippen LogP contribution in [0.1, 0.15) is 49.1 Å². The molecule has 9 heteroatoms. The molecule has 0 saturated heterocycles. The summed E-state index contributed by atoms with van der Waals surface area (Å²) < 4.78 is 43.3. The Bertz CT molecular complexity index is 1330. The van der Waals surface area contributed by atoms with Crippen molar-refractivity contribution >= 4 is 5.69 Å². The first-order valence-corrected chi connectivity index (χ1v) is 12.3. The van der Waals surface area contributed by atoms with Crippen LogP contribution in [0.25, 0.3) is 0 Å². The van der Waals surface area contributed by atoms with E-state index in [4.69, 9.17) is 0 Å². The topological polar surface area (TPSA) is 40.4 Å². The maximum atomic E-state index is 13.8. The highest BCUT2D eigenvalue weighted by Gasteiger charge is 2.42. The van der Waals surface area contributed by atoms with Gasteiger partial charge in [0, 0.05) is 50.3 Å². The van der Waals surface area contributed by atoms with Gasteiger partial charge in [-0.1, -0.05) is 25.6 Å². The van der Waals surface area contributed by atoms with Crippen molar-refractivity contribution in [1.82, 2.24) is 24.6 Å². The molecule has 0 radical (unpaired) electrons. The van der Waals surface area contributed by atoms with Crippen molar-refractivity contribution in [3.8, 4) is 0 Å². The number of fused-ring (bicyclic) bond motifs is 1. The summed E-state index contributed by atoms with van der Waals surface area (Å²) in [6.45, 7) is 10.7. The molecule has 3 aliphatic rings. The molecule has 6 nitrogen and oxygen atoms in total. The first-order valence-electron chi connectivity index (χ1n) is 12.3. The molecule has 194 valence electrons. The number of halogens is 3. The molecule has 2 aromatic rings. The zero-order valence-corrected chi connectivity index (χ0v) is 21.3. The smallest absolute Gasteiger partial charge is 0.374 e. The minimum atomic E-state index is -4.47. The summed E-state index contributed by atoms with van der Waals surface area (Å²) in [6, 6.07) is 6.25. The molecule has 3 heterocycles. The number of anilines is 1. The summed E-state index contributed by atoms with van der Waals surface area (Å²) in [4.78, 5) is 5.28. The Morgan fingerprint density at radius 3 is 2.57 bits per heavy atom. The van der Waals surface area contributed by atoms with Gasteiger partial charge in [0.05, 0.1) is 11.3 Å². The summed E-state index contributed by atoms with van der Waals surface area (Å²) in [5.41, 5.74) is 3.16. The second kappa shape index (κ2) is 9.28. The predicted molar refractivity (Wildman–Crippen MR) is 138 cm³/mol. The third-order valence-corrected chi connectivity index (χ3v) is 7.50. The maximum Gasteiger partial charge on any atom is 0.418 e. The molecule has 1 unspecified atom stereocenters. The Labute approximate surface area is 215 Å². The van der Waals surface area contributed by atoms with E-state index >= 15 is 0 Å². The van der Waals surface area contributed by atoms with Crippen LogP contribution in [-0.2, 0) is 13.6 Å². The number of benzene rings is 1. The minimum Gasteiger partial charge on any atom is -0.374 e. The van der Waals surface area contributed by atoms with Crippen LogP contribution in [0.5, 0.6) is 0 Å². The van der Waals surface area contributed by atoms with Crippen molar-refractivity contribution < 1.29 is 13.2 Å². The fourth-order valence-corrected chi connectivity index (χ4v) is 5.15. The molecule has 5 rings (SSSR count). The second-order valence-corrected chi connectivity index (χ2v) is 10.1. The molecule has 0 spiro atoms. The number of hydrogen-bond acceptors (Lipinski definition) is 5. The molecule has 0 amide bonds. The molecule has 2 aliphatic heterocycles. The van der Waals surface area contributed by atoms with Gasteiger partial charge in [-0.15, -0.1) is 10.2 Å². The summed E-state index contributed by atoms with van der Waals surface area (Å²) in [6.07, 6.45) is 6.25. The van der Waals surface area contributed by atoms with Crippen molar-refractivity contribution in [3.63, 3.8) is 0 Å². The summed E-state index contributed by atoms with van der Waals surface area (Å²) >= 11 is 0. The SMILES string of the molecule is C=C(C)N(C)Cc1cc(C(c2nncn2C)C2CCC2)cc(N2C=C3C(C(F)(F)F)=CC=CN3C2=C)c1. The third kappa shape index (κ3) is 4.58. The van der Waals surface area contributed by atoms with E-state index in [1.165, 1.54) is 23.6 Å². The van der Waals surface area contributed by atoms with Gasteiger partial charge in [-0.25, -0.2) is 0 Å². The lowest BCUT2D eigenvalue weighted by molar-refractivity contribution is -0.0908. The largest absolute Gasteiger partial charge is 0.418 e. The summed E-state index contributed by atoms with van der Waals surface area (Å²) in [5, 5.41) is 8.57. The third-order valence-electron chi connectivity index (χ3n) is 7.50. The van der Waals surface area contributed by atoms with Crippen molar-refractivity contribution in [2.45, 2.75) is 44.8 Å².